The Kier molecular flexibility index (Phi) is 2.83. The summed E-state index contributed by atoms with van der Waals surface area (Å²) < 4.78 is 12.2. The van der Waals surface area contributed by atoms with Crippen LogP contribution in [0, 0.1) is 0 Å². The average Bonchev–Trinajstić information content (AvgIpc) is 3.00. The van der Waals surface area contributed by atoms with E-state index in [9.17, 15) is 5.11 Å². The van der Waals surface area contributed by atoms with Gasteiger partial charge in [0, 0.05) is 0 Å². The summed E-state index contributed by atoms with van der Waals surface area (Å²) in [5.74, 6) is 0.469. The number of nitrogen functional groups attached to an aromatic ring is 1. The molecule has 0 bridgehead atoms. The van der Waals surface area contributed by atoms with Gasteiger partial charge in [0.15, 0.2) is 23.2 Å². The lowest BCUT2D eigenvalue weighted by atomic mass is 10.3. The molecule has 0 saturated heterocycles. The lowest BCUT2D eigenvalue weighted by molar-refractivity contribution is 0.0656. The van der Waals surface area contributed by atoms with E-state index in [1.54, 1.807) is 4.57 Å². The molecule has 0 spiro atoms. The van der Waals surface area contributed by atoms with E-state index < -0.39 is 6.23 Å². The highest BCUT2D eigenvalue weighted by Gasteiger charge is 2.28. The van der Waals surface area contributed by atoms with Gasteiger partial charge < -0.3 is 25.4 Å². The van der Waals surface area contributed by atoms with Crippen LogP contribution in [-0.4, -0.2) is 43.4 Å². The van der Waals surface area contributed by atoms with Crippen molar-refractivity contribution in [3.63, 3.8) is 0 Å². The number of rotatable bonds is 3. The van der Waals surface area contributed by atoms with Crippen molar-refractivity contribution in [2.45, 2.75) is 12.6 Å². The van der Waals surface area contributed by atoms with Gasteiger partial charge in [-0.3, -0.25) is 4.57 Å². The molecule has 0 fully saturated rings. The van der Waals surface area contributed by atoms with E-state index in [2.05, 4.69) is 15.0 Å². The molecule has 3 heterocycles. The number of fused-ring (bicyclic) bond motifs is 1. The van der Waals surface area contributed by atoms with Gasteiger partial charge in [0.1, 0.15) is 18.7 Å². The molecule has 9 nitrogen and oxygen atoms in total. The fraction of sp³-hybridized carbons (Fsp3) is 0.364. The number of anilines is 1. The number of nitrogens with two attached hydrogens (primary N) is 1. The molecular formula is C11H13N5O4. The molecule has 106 valence electrons. The van der Waals surface area contributed by atoms with Crippen molar-refractivity contribution in [3.8, 4) is 5.88 Å². The number of aliphatic hydroxyl groups excluding tert-OH is 2. The van der Waals surface area contributed by atoms with Crippen LogP contribution in [0.5, 0.6) is 5.88 Å². The van der Waals surface area contributed by atoms with Crippen molar-refractivity contribution < 1.29 is 19.7 Å². The fourth-order valence-corrected chi connectivity index (χ4v) is 2.10. The quantitative estimate of drug-likeness (QED) is 0.721. The van der Waals surface area contributed by atoms with Crippen LogP contribution in [-0.2, 0) is 4.74 Å². The van der Waals surface area contributed by atoms with E-state index in [1.165, 1.54) is 13.4 Å². The van der Waals surface area contributed by atoms with Crippen LogP contribution in [0.4, 0.5) is 5.95 Å². The van der Waals surface area contributed by atoms with Gasteiger partial charge >= 0.3 is 0 Å². The lowest BCUT2D eigenvalue weighted by Gasteiger charge is -2.13. The maximum atomic E-state index is 9.66. The zero-order valence-corrected chi connectivity index (χ0v) is 10.6. The van der Waals surface area contributed by atoms with Gasteiger partial charge in [-0.15, -0.1) is 0 Å². The van der Waals surface area contributed by atoms with Crippen LogP contribution in [0.15, 0.2) is 17.8 Å². The minimum absolute atomic E-state index is 0.00773. The van der Waals surface area contributed by atoms with E-state index in [0.717, 1.165) is 0 Å². The minimum atomic E-state index is -0.541. The fourth-order valence-electron chi connectivity index (χ4n) is 2.10. The van der Waals surface area contributed by atoms with Crippen LogP contribution in [0.2, 0.25) is 0 Å². The van der Waals surface area contributed by atoms with Gasteiger partial charge in [0.25, 0.3) is 0 Å². The molecule has 0 saturated carbocycles. The van der Waals surface area contributed by atoms with Crippen LogP contribution in [0.25, 0.3) is 11.2 Å². The molecule has 0 amide bonds. The Balaban J connectivity index is 2.04. The zero-order valence-electron chi connectivity index (χ0n) is 10.6. The van der Waals surface area contributed by atoms with Gasteiger partial charge in [-0.2, -0.15) is 9.97 Å². The molecular weight excluding hydrogens is 266 g/mol. The highest BCUT2D eigenvalue weighted by Crippen LogP contribution is 2.33. The number of hydrogen-bond acceptors (Lipinski definition) is 8. The molecule has 0 aromatic carbocycles. The van der Waals surface area contributed by atoms with Gasteiger partial charge in [-0.25, -0.2) is 4.98 Å². The third-order valence-corrected chi connectivity index (χ3v) is 3.02. The topological polar surface area (TPSA) is 129 Å². The molecule has 1 aliphatic heterocycles. The number of nitrogens with zero attached hydrogens (tertiary/aromatic N) is 4. The van der Waals surface area contributed by atoms with Crippen LogP contribution in [0.1, 0.15) is 12.6 Å². The minimum Gasteiger partial charge on any atom is -0.508 e. The van der Waals surface area contributed by atoms with Crippen LogP contribution < -0.4 is 10.5 Å². The van der Waals surface area contributed by atoms with E-state index >= 15 is 0 Å². The van der Waals surface area contributed by atoms with E-state index in [1.807, 2.05) is 0 Å². The monoisotopic (exact) mass is 279 g/mol. The number of aromatic nitrogens is 4. The van der Waals surface area contributed by atoms with Crippen molar-refractivity contribution in [3.05, 3.63) is 17.8 Å². The Morgan fingerprint density at radius 3 is 3.00 bits per heavy atom. The molecule has 3 rings (SSSR count). The summed E-state index contributed by atoms with van der Waals surface area (Å²) >= 11 is 0. The number of ether oxygens (including phenoxy) is 2. The van der Waals surface area contributed by atoms with Gasteiger partial charge in [-0.05, 0) is 0 Å². The SMILES string of the molecule is COc1nc(N)nc2c1ncn2[C@H]1CC(O)=C(CO)O1. The third-order valence-electron chi connectivity index (χ3n) is 3.02. The van der Waals surface area contributed by atoms with Crippen molar-refractivity contribution >= 4 is 17.1 Å². The first kappa shape index (κ1) is 12.5. The van der Waals surface area contributed by atoms with Gasteiger partial charge in [-0.1, -0.05) is 0 Å². The predicted molar refractivity (Wildman–Crippen MR) is 67.8 cm³/mol. The van der Waals surface area contributed by atoms with Crippen molar-refractivity contribution in [1.29, 1.82) is 0 Å². The average molecular weight is 279 g/mol. The van der Waals surface area contributed by atoms with E-state index in [0.29, 0.717) is 11.2 Å². The molecule has 9 heteroatoms. The summed E-state index contributed by atoms with van der Waals surface area (Å²) in [5.41, 5.74) is 6.51. The molecule has 1 aliphatic rings. The molecule has 0 unspecified atom stereocenters. The van der Waals surface area contributed by atoms with E-state index in [-0.39, 0.29) is 36.4 Å². The van der Waals surface area contributed by atoms with Crippen molar-refractivity contribution in [2.75, 3.05) is 19.5 Å². The Hall–Kier alpha value is -2.55. The van der Waals surface area contributed by atoms with Gasteiger partial charge in [0.05, 0.1) is 13.5 Å². The first-order valence-electron chi connectivity index (χ1n) is 5.86. The smallest absolute Gasteiger partial charge is 0.246 e. The first-order chi connectivity index (χ1) is 9.63. The summed E-state index contributed by atoms with van der Waals surface area (Å²) in [6, 6.07) is 0. The Labute approximate surface area is 113 Å². The first-order valence-corrected chi connectivity index (χ1v) is 5.86. The Morgan fingerprint density at radius 2 is 2.35 bits per heavy atom. The largest absolute Gasteiger partial charge is 0.508 e. The second-order valence-corrected chi connectivity index (χ2v) is 4.22. The molecule has 20 heavy (non-hydrogen) atoms. The van der Waals surface area contributed by atoms with Crippen molar-refractivity contribution in [1.82, 2.24) is 19.5 Å². The molecule has 4 N–H and O–H groups in total. The lowest BCUT2D eigenvalue weighted by Crippen LogP contribution is -2.09. The Morgan fingerprint density at radius 1 is 1.55 bits per heavy atom. The third kappa shape index (κ3) is 1.79. The number of hydrogen-bond donors (Lipinski definition) is 3. The molecule has 2 aromatic heterocycles. The maximum absolute atomic E-state index is 9.66. The Bertz CT molecular complexity index is 695. The second kappa shape index (κ2) is 4.53. The van der Waals surface area contributed by atoms with Gasteiger partial charge in [0.2, 0.25) is 11.8 Å². The number of aliphatic hydroxyl groups is 2. The number of imidazole rings is 1. The highest BCUT2D eigenvalue weighted by atomic mass is 16.5. The molecule has 0 aliphatic carbocycles. The van der Waals surface area contributed by atoms with E-state index in [4.69, 9.17) is 20.3 Å². The van der Waals surface area contributed by atoms with Crippen molar-refractivity contribution in [2.24, 2.45) is 0 Å². The molecule has 2 aromatic rings. The zero-order chi connectivity index (χ0) is 14.3. The summed E-state index contributed by atoms with van der Waals surface area (Å²) in [6.07, 6.45) is 1.17. The maximum Gasteiger partial charge on any atom is 0.246 e. The predicted octanol–water partition coefficient (Wildman–Crippen LogP) is 0.0979. The molecule has 1 atom stereocenters. The standard InChI is InChI=1S/C11H13N5O4/c1-19-10-8-9(14-11(12)15-10)16(4-13-8)7-2-5(18)6(3-17)20-7/h4,7,17-18H,2-3H2,1H3,(H2,12,14,15)/t7-/m1/s1. The number of methoxy groups -OCH3 is 1. The normalized spacial score (nSPS) is 18.6. The summed E-state index contributed by atoms with van der Waals surface area (Å²) in [6.45, 7) is -0.366. The summed E-state index contributed by atoms with van der Waals surface area (Å²) in [5, 5.41) is 18.7. The van der Waals surface area contributed by atoms with Crippen LogP contribution >= 0.6 is 0 Å². The second-order valence-electron chi connectivity index (χ2n) is 4.22. The summed E-state index contributed by atoms with van der Waals surface area (Å²) in [4.78, 5) is 12.2. The molecule has 0 radical (unpaired) electrons. The van der Waals surface area contributed by atoms with Crippen LogP contribution in [0.3, 0.4) is 0 Å². The summed E-state index contributed by atoms with van der Waals surface area (Å²) in [7, 11) is 1.46. The highest BCUT2D eigenvalue weighted by molar-refractivity contribution is 5.77.